The summed E-state index contributed by atoms with van der Waals surface area (Å²) in [5.74, 6) is -0.708. The molecule has 0 aromatic rings. The number of rotatable bonds is 6. The molecular formula is C17H26O4. The Morgan fingerprint density at radius 1 is 1.05 bits per heavy atom. The van der Waals surface area contributed by atoms with Gasteiger partial charge in [0.15, 0.2) is 11.6 Å². The number of carbonyl (C=O) groups is 3. The van der Waals surface area contributed by atoms with Crippen molar-refractivity contribution in [3.63, 3.8) is 0 Å². The maximum atomic E-state index is 12.4. The first-order chi connectivity index (χ1) is 9.64. The third-order valence-electron chi connectivity index (χ3n) is 4.09. The third kappa shape index (κ3) is 3.80. The Balaban J connectivity index is 2.76. The van der Waals surface area contributed by atoms with E-state index in [4.69, 9.17) is 4.74 Å². The molecule has 0 radical (unpaired) electrons. The van der Waals surface area contributed by atoms with Crippen molar-refractivity contribution in [3.8, 4) is 0 Å². The highest BCUT2D eigenvalue weighted by Gasteiger charge is 2.50. The molecule has 1 aliphatic carbocycles. The quantitative estimate of drug-likeness (QED) is 0.427. The summed E-state index contributed by atoms with van der Waals surface area (Å²) < 4.78 is 5.30. The molecule has 1 aliphatic rings. The second-order valence-electron chi connectivity index (χ2n) is 6.74. The Hall–Kier alpha value is -1.45. The van der Waals surface area contributed by atoms with Crippen molar-refractivity contribution in [2.24, 2.45) is 10.8 Å². The van der Waals surface area contributed by atoms with Gasteiger partial charge in [-0.2, -0.15) is 0 Å². The molecule has 21 heavy (non-hydrogen) atoms. The number of hydrogen-bond acceptors (Lipinski definition) is 4. The molecule has 0 N–H and O–H groups in total. The van der Waals surface area contributed by atoms with E-state index in [0.717, 1.165) is 25.7 Å². The number of ether oxygens (including phenoxy) is 1. The largest absolute Gasteiger partial charge is 0.430 e. The van der Waals surface area contributed by atoms with Crippen LogP contribution in [0.3, 0.4) is 0 Å². The summed E-state index contributed by atoms with van der Waals surface area (Å²) in [4.78, 5) is 36.3. The number of Topliss-reactive ketones (excluding diaryl/α,β-unsaturated/α-hetero) is 1. The van der Waals surface area contributed by atoms with Gasteiger partial charge in [0.25, 0.3) is 0 Å². The van der Waals surface area contributed by atoms with Crippen LogP contribution in [0.5, 0.6) is 0 Å². The molecule has 1 rings (SSSR count). The average Bonchev–Trinajstić information content (AvgIpc) is 2.40. The van der Waals surface area contributed by atoms with Gasteiger partial charge in [-0.25, -0.2) is 0 Å². The van der Waals surface area contributed by atoms with Crippen LogP contribution in [0, 0.1) is 10.8 Å². The maximum Gasteiger partial charge on any atom is 0.310 e. The van der Waals surface area contributed by atoms with Crippen LogP contribution in [0.2, 0.25) is 0 Å². The van der Waals surface area contributed by atoms with Crippen molar-refractivity contribution in [2.45, 2.75) is 66.7 Å². The lowest BCUT2D eigenvalue weighted by atomic mass is 9.66. The zero-order valence-corrected chi connectivity index (χ0v) is 13.7. The summed E-state index contributed by atoms with van der Waals surface area (Å²) in [7, 11) is 0. The molecule has 0 fully saturated rings. The lowest BCUT2D eigenvalue weighted by Crippen LogP contribution is -2.47. The lowest BCUT2D eigenvalue weighted by Gasteiger charge is -2.36. The average molecular weight is 294 g/mol. The van der Waals surface area contributed by atoms with Crippen LogP contribution in [0.15, 0.2) is 11.8 Å². The van der Waals surface area contributed by atoms with E-state index in [9.17, 15) is 14.4 Å². The molecule has 0 spiro atoms. The van der Waals surface area contributed by atoms with E-state index in [1.807, 2.05) is 0 Å². The standard InChI is InChI=1S/C17H26O4/c1-6-7-8-9-10-14(19)21-13-11-12(18)16(2,3)15(20)17(13,4)5/h11H,6-10H2,1-5H3. The molecule has 0 aromatic heterocycles. The number of ketones is 2. The van der Waals surface area contributed by atoms with Crippen LogP contribution < -0.4 is 0 Å². The highest BCUT2D eigenvalue weighted by Crippen LogP contribution is 2.41. The zero-order chi connectivity index (χ0) is 16.3. The SMILES string of the molecule is CCCCCCC(=O)OC1=CC(=O)C(C)(C)C(=O)C1(C)C. The minimum Gasteiger partial charge on any atom is -0.430 e. The van der Waals surface area contributed by atoms with Crippen molar-refractivity contribution in [1.29, 1.82) is 0 Å². The van der Waals surface area contributed by atoms with Crippen molar-refractivity contribution in [3.05, 3.63) is 11.8 Å². The van der Waals surface area contributed by atoms with Crippen LogP contribution >= 0.6 is 0 Å². The van der Waals surface area contributed by atoms with Crippen LogP contribution in [0.1, 0.15) is 66.7 Å². The summed E-state index contributed by atoms with van der Waals surface area (Å²) in [6.45, 7) is 8.71. The van der Waals surface area contributed by atoms with Crippen molar-refractivity contribution < 1.29 is 19.1 Å². The Morgan fingerprint density at radius 3 is 2.24 bits per heavy atom. The monoisotopic (exact) mass is 294 g/mol. The normalized spacial score (nSPS) is 20.1. The lowest BCUT2D eigenvalue weighted by molar-refractivity contribution is -0.148. The minimum absolute atomic E-state index is 0.178. The van der Waals surface area contributed by atoms with E-state index in [2.05, 4.69) is 6.92 Å². The van der Waals surface area contributed by atoms with Gasteiger partial charge >= 0.3 is 5.97 Å². The second-order valence-corrected chi connectivity index (χ2v) is 6.74. The molecule has 0 aromatic carbocycles. The fourth-order valence-corrected chi connectivity index (χ4v) is 2.51. The van der Waals surface area contributed by atoms with E-state index < -0.39 is 10.8 Å². The molecule has 118 valence electrons. The first-order valence-corrected chi connectivity index (χ1v) is 7.66. The molecule has 0 heterocycles. The van der Waals surface area contributed by atoms with E-state index >= 15 is 0 Å². The second kappa shape index (κ2) is 6.54. The molecule has 4 heteroatoms. The van der Waals surface area contributed by atoms with E-state index in [1.54, 1.807) is 27.7 Å². The highest BCUT2D eigenvalue weighted by atomic mass is 16.5. The Labute approximate surface area is 126 Å². The summed E-state index contributed by atoms with van der Waals surface area (Å²) in [6, 6.07) is 0. The number of hydrogen-bond donors (Lipinski definition) is 0. The molecule has 0 saturated heterocycles. The van der Waals surface area contributed by atoms with Crippen LogP contribution in [-0.2, 0) is 19.1 Å². The number of unbranched alkanes of at least 4 members (excludes halogenated alkanes) is 3. The maximum absolute atomic E-state index is 12.4. The van der Waals surface area contributed by atoms with Gasteiger partial charge in [0.1, 0.15) is 5.76 Å². The predicted molar refractivity (Wildman–Crippen MR) is 80.5 cm³/mol. The topological polar surface area (TPSA) is 60.4 Å². The van der Waals surface area contributed by atoms with Crippen LogP contribution in [0.4, 0.5) is 0 Å². The molecule has 0 bridgehead atoms. The summed E-state index contributed by atoms with van der Waals surface area (Å²) >= 11 is 0. The van der Waals surface area contributed by atoms with Gasteiger partial charge < -0.3 is 4.74 Å². The Morgan fingerprint density at radius 2 is 1.67 bits per heavy atom. The van der Waals surface area contributed by atoms with Gasteiger partial charge in [-0.15, -0.1) is 0 Å². The van der Waals surface area contributed by atoms with Crippen molar-refractivity contribution in [2.75, 3.05) is 0 Å². The van der Waals surface area contributed by atoms with Crippen molar-refractivity contribution in [1.82, 2.24) is 0 Å². The number of esters is 1. The van der Waals surface area contributed by atoms with Gasteiger partial charge in [0, 0.05) is 12.5 Å². The summed E-state index contributed by atoms with van der Waals surface area (Å²) in [5, 5.41) is 0. The van der Waals surface area contributed by atoms with Gasteiger partial charge in [0.2, 0.25) is 0 Å². The summed E-state index contributed by atoms with van der Waals surface area (Å²) in [5.41, 5.74) is -2.00. The Kier molecular flexibility index (Phi) is 5.48. The van der Waals surface area contributed by atoms with E-state index in [0.29, 0.717) is 6.42 Å². The molecule has 4 nitrogen and oxygen atoms in total. The van der Waals surface area contributed by atoms with Crippen molar-refractivity contribution >= 4 is 17.5 Å². The molecular weight excluding hydrogens is 268 g/mol. The fourth-order valence-electron chi connectivity index (χ4n) is 2.51. The number of carbonyl (C=O) groups excluding carboxylic acids is 3. The van der Waals surface area contributed by atoms with Gasteiger partial charge in [0.05, 0.1) is 10.8 Å². The van der Waals surface area contributed by atoms with Crippen LogP contribution in [-0.4, -0.2) is 17.5 Å². The molecule has 0 aliphatic heterocycles. The zero-order valence-electron chi connectivity index (χ0n) is 13.7. The molecule has 0 amide bonds. The van der Waals surface area contributed by atoms with Gasteiger partial charge in [-0.05, 0) is 34.1 Å². The summed E-state index contributed by atoms with van der Waals surface area (Å²) in [6.07, 6.45) is 5.58. The van der Waals surface area contributed by atoms with Gasteiger partial charge in [-0.1, -0.05) is 26.2 Å². The smallest absolute Gasteiger partial charge is 0.310 e. The fraction of sp³-hybridized carbons (Fsp3) is 0.706. The first-order valence-electron chi connectivity index (χ1n) is 7.66. The third-order valence-corrected chi connectivity index (χ3v) is 4.09. The molecule has 0 saturated carbocycles. The van der Waals surface area contributed by atoms with E-state index in [1.165, 1.54) is 6.08 Å². The van der Waals surface area contributed by atoms with Gasteiger partial charge in [-0.3, -0.25) is 14.4 Å². The Bertz CT molecular complexity index is 469. The first kappa shape index (κ1) is 17.6. The molecule has 0 atom stereocenters. The predicted octanol–water partition coefficient (Wildman–Crippen LogP) is 3.59. The minimum atomic E-state index is -1.06. The highest BCUT2D eigenvalue weighted by molar-refractivity contribution is 6.16. The number of allylic oxidation sites excluding steroid dienone is 2. The van der Waals surface area contributed by atoms with E-state index in [-0.39, 0.29) is 23.3 Å². The van der Waals surface area contributed by atoms with Crippen LogP contribution in [0.25, 0.3) is 0 Å². The molecule has 0 unspecified atom stereocenters.